The molecule has 37 heavy (non-hydrogen) atoms. The number of rotatable bonds is 18. The van der Waals surface area contributed by atoms with Crippen molar-refractivity contribution in [3.63, 3.8) is 0 Å². The molecule has 16 heteroatoms. The van der Waals surface area contributed by atoms with Crippen molar-refractivity contribution in [2.24, 2.45) is 0 Å². The molecule has 1 aromatic rings. The minimum absolute atomic E-state index is 0.0241. The van der Waals surface area contributed by atoms with Crippen molar-refractivity contribution in [3.8, 4) is 0 Å². The Bertz CT molecular complexity index is 929. The standard InChI is InChI=1S/C21H35Cl2N3O9P2/c22-11-14-26(15-12-23)18-8-6-17(7-9-18)4-3-5-19(27)25-16-20(28)24-13-2-1-10-21(29,36(30,31)32)37(33,34)35/h6-9,29H,1-5,10-16H2,(H,24,28)(H,25,27)(H2,30,31,32)(H2,33,34,35). The highest BCUT2D eigenvalue weighted by atomic mass is 35.5. The van der Waals surface area contributed by atoms with E-state index in [1.165, 1.54) is 0 Å². The van der Waals surface area contributed by atoms with Gasteiger partial charge in [0.05, 0.1) is 6.54 Å². The van der Waals surface area contributed by atoms with E-state index >= 15 is 0 Å². The number of nitrogens with zero attached hydrogens (tertiary/aromatic N) is 1. The van der Waals surface area contributed by atoms with Crippen LogP contribution in [0.4, 0.5) is 5.69 Å². The summed E-state index contributed by atoms with van der Waals surface area (Å²) < 4.78 is 22.6. The monoisotopic (exact) mass is 605 g/mol. The number of halogens is 2. The molecule has 0 heterocycles. The van der Waals surface area contributed by atoms with E-state index in [-0.39, 0.29) is 38.3 Å². The third-order valence-electron chi connectivity index (χ3n) is 5.52. The van der Waals surface area contributed by atoms with Crippen LogP contribution in [0.2, 0.25) is 0 Å². The molecule has 2 amide bonds. The number of unbranched alkanes of at least 4 members (excludes halogenated alkanes) is 1. The van der Waals surface area contributed by atoms with Crippen molar-refractivity contribution in [1.82, 2.24) is 10.6 Å². The molecule has 0 fully saturated rings. The van der Waals surface area contributed by atoms with Crippen molar-refractivity contribution in [3.05, 3.63) is 29.8 Å². The fraction of sp³-hybridized carbons (Fsp3) is 0.619. The van der Waals surface area contributed by atoms with Gasteiger partial charge in [0.1, 0.15) is 0 Å². The number of hydrogen-bond donors (Lipinski definition) is 7. The Balaban J connectivity index is 2.29. The quantitative estimate of drug-likeness (QED) is 0.0734. The minimum atomic E-state index is -5.49. The van der Waals surface area contributed by atoms with Crippen LogP contribution in [-0.4, -0.2) is 79.5 Å². The summed E-state index contributed by atoms with van der Waals surface area (Å²) in [7, 11) is -11.0. The highest BCUT2D eigenvalue weighted by Gasteiger charge is 2.58. The number of nitrogens with one attached hydrogen (secondary N) is 2. The lowest BCUT2D eigenvalue weighted by Crippen LogP contribution is -2.37. The van der Waals surface area contributed by atoms with E-state index in [0.29, 0.717) is 37.7 Å². The zero-order chi connectivity index (χ0) is 28.1. The Kier molecular flexibility index (Phi) is 14.7. The first-order valence-electron chi connectivity index (χ1n) is 11.6. The number of benzene rings is 1. The molecule has 12 nitrogen and oxygen atoms in total. The van der Waals surface area contributed by atoms with Crippen molar-refractivity contribution < 1.29 is 43.4 Å². The van der Waals surface area contributed by atoms with Crippen molar-refractivity contribution >= 4 is 55.9 Å². The van der Waals surface area contributed by atoms with Gasteiger partial charge in [-0.25, -0.2) is 0 Å². The highest BCUT2D eigenvalue weighted by molar-refractivity contribution is 7.72. The van der Waals surface area contributed by atoms with Crippen molar-refractivity contribution in [1.29, 1.82) is 0 Å². The molecule has 0 bridgehead atoms. The third kappa shape index (κ3) is 11.6. The van der Waals surface area contributed by atoms with E-state index in [2.05, 4.69) is 15.5 Å². The minimum Gasteiger partial charge on any atom is -0.369 e. The first kappa shape index (κ1) is 33.8. The average molecular weight is 606 g/mol. The zero-order valence-corrected chi connectivity index (χ0v) is 23.6. The van der Waals surface area contributed by atoms with Gasteiger partial charge in [0.15, 0.2) is 0 Å². The van der Waals surface area contributed by atoms with Gasteiger partial charge in [-0.3, -0.25) is 18.7 Å². The summed E-state index contributed by atoms with van der Waals surface area (Å²) in [5, 5.41) is 11.3. The molecule has 0 aliphatic carbocycles. The molecule has 0 unspecified atom stereocenters. The summed E-state index contributed by atoms with van der Waals surface area (Å²) >= 11 is 11.7. The Morgan fingerprint density at radius 2 is 1.43 bits per heavy atom. The van der Waals surface area contributed by atoms with Gasteiger partial charge in [-0.15, -0.1) is 23.2 Å². The predicted octanol–water partition coefficient (Wildman–Crippen LogP) is 1.70. The first-order valence-corrected chi connectivity index (χ1v) is 15.9. The Hall–Kier alpha value is -1.20. The Morgan fingerprint density at radius 3 is 1.95 bits per heavy atom. The second-order valence-corrected chi connectivity index (χ2v) is 13.1. The van der Waals surface area contributed by atoms with E-state index < -0.39 is 32.6 Å². The van der Waals surface area contributed by atoms with Crippen LogP contribution in [-0.2, 0) is 25.1 Å². The van der Waals surface area contributed by atoms with E-state index in [9.17, 15) is 23.8 Å². The van der Waals surface area contributed by atoms with Gasteiger partial charge >= 0.3 is 15.2 Å². The molecular formula is C21H35Cl2N3O9P2. The number of amides is 2. The van der Waals surface area contributed by atoms with Gasteiger partial charge in [-0.05, 0) is 49.8 Å². The second kappa shape index (κ2) is 16.0. The van der Waals surface area contributed by atoms with Gasteiger partial charge in [-0.1, -0.05) is 12.1 Å². The Morgan fingerprint density at radius 1 is 0.865 bits per heavy atom. The number of carbonyl (C=O) groups excluding carboxylic acids is 2. The molecule has 0 radical (unpaired) electrons. The summed E-state index contributed by atoms with van der Waals surface area (Å²) in [4.78, 5) is 62.3. The number of aryl methyl sites for hydroxylation is 1. The van der Waals surface area contributed by atoms with Crippen LogP contribution in [0.15, 0.2) is 24.3 Å². The molecule has 0 spiro atoms. The maximum Gasteiger partial charge on any atom is 0.369 e. The van der Waals surface area contributed by atoms with Gasteiger partial charge in [-0.2, -0.15) is 0 Å². The fourth-order valence-corrected chi connectivity index (χ4v) is 6.07. The summed E-state index contributed by atoms with van der Waals surface area (Å²) in [6.45, 7) is 1.14. The molecule has 1 rings (SSSR count). The smallest absolute Gasteiger partial charge is 0.369 e. The van der Waals surface area contributed by atoms with Gasteiger partial charge in [0.2, 0.25) is 11.8 Å². The maximum atomic E-state index is 12.0. The lowest BCUT2D eigenvalue weighted by atomic mass is 10.1. The van der Waals surface area contributed by atoms with Gasteiger partial charge in [0, 0.05) is 43.5 Å². The average Bonchev–Trinajstić information content (AvgIpc) is 2.81. The van der Waals surface area contributed by atoms with E-state index in [1.54, 1.807) is 0 Å². The van der Waals surface area contributed by atoms with Crippen LogP contribution in [0, 0.1) is 0 Å². The SMILES string of the molecule is O=C(CCCc1ccc(N(CCCl)CCCl)cc1)NCC(=O)NCCCCC(O)(P(=O)(O)O)P(=O)(O)O. The molecule has 0 saturated carbocycles. The molecule has 0 saturated heterocycles. The van der Waals surface area contributed by atoms with Crippen LogP contribution < -0.4 is 15.5 Å². The summed E-state index contributed by atoms with van der Waals surface area (Å²) in [5.41, 5.74) is 2.09. The molecule has 7 N–H and O–H groups in total. The number of carbonyl (C=O) groups is 2. The predicted molar refractivity (Wildman–Crippen MR) is 142 cm³/mol. The number of hydrogen-bond acceptors (Lipinski definition) is 6. The number of alkyl halides is 2. The van der Waals surface area contributed by atoms with Crippen LogP contribution >= 0.6 is 38.4 Å². The van der Waals surface area contributed by atoms with Gasteiger partial charge < -0.3 is 40.2 Å². The highest BCUT2D eigenvalue weighted by Crippen LogP contribution is 2.69. The van der Waals surface area contributed by atoms with E-state index in [1.807, 2.05) is 24.3 Å². The van der Waals surface area contributed by atoms with Crippen LogP contribution in [0.1, 0.15) is 37.7 Å². The third-order valence-corrected chi connectivity index (χ3v) is 9.73. The normalized spacial score (nSPS) is 12.3. The zero-order valence-electron chi connectivity index (χ0n) is 20.3. The lowest BCUT2D eigenvalue weighted by Gasteiger charge is -2.29. The maximum absolute atomic E-state index is 12.0. The fourth-order valence-electron chi connectivity index (χ4n) is 3.41. The first-order chi connectivity index (χ1) is 17.2. The van der Waals surface area contributed by atoms with E-state index in [4.69, 9.17) is 42.8 Å². The van der Waals surface area contributed by atoms with Crippen molar-refractivity contribution in [2.75, 3.05) is 42.8 Å². The number of aliphatic hydroxyl groups is 1. The molecule has 212 valence electrons. The van der Waals surface area contributed by atoms with E-state index in [0.717, 1.165) is 11.3 Å². The summed E-state index contributed by atoms with van der Waals surface area (Å²) in [5.74, 6) is 0.196. The molecule has 0 aliphatic rings. The molecule has 0 aliphatic heterocycles. The van der Waals surface area contributed by atoms with Crippen LogP contribution in [0.5, 0.6) is 0 Å². The molecule has 1 aromatic carbocycles. The van der Waals surface area contributed by atoms with Gasteiger partial charge in [0.25, 0.3) is 5.08 Å². The molecular weight excluding hydrogens is 571 g/mol. The topological polar surface area (TPSA) is 197 Å². The number of anilines is 1. The summed E-state index contributed by atoms with van der Waals surface area (Å²) in [6.07, 6.45) is 0.565. The molecule has 0 aromatic heterocycles. The largest absolute Gasteiger partial charge is 0.369 e. The summed E-state index contributed by atoms with van der Waals surface area (Å²) in [6, 6.07) is 7.93. The molecule has 0 atom stereocenters. The Labute approximate surface area is 226 Å². The van der Waals surface area contributed by atoms with Crippen LogP contribution in [0.3, 0.4) is 0 Å². The second-order valence-electron chi connectivity index (χ2n) is 8.33. The van der Waals surface area contributed by atoms with Crippen molar-refractivity contribution in [2.45, 2.75) is 43.6 Å². The lowest BCUT2D eigenvalue weighted by molar-refractivity contribution is -0.126. The van der Waals surface area contributed by atoms with Crippen LogP contribution in [0.25, 0.3) is 0 Å².